The normalized spacial score (nSPS) is 23.5. The molecule has 4 heteroatoms. The molecule has 0 saturated carbocycles. The van der Waals surface area contributed by atoms with Gasteiger partial charge in [0.05, 0.1) is 0 Å². The second kappa shape index (κ2) is 6.55. The van der Waals surface area contributed by atoms with Gasteiger partial charge in [0.15, 0.2) is 0 Å². The Kier molecular flexibility index (Phi) is 5.18. The van der Waals surface area contributed by atoms with E-state index >= 15 is 0 Å². The maximum Gasteiger partial charge on any atom is 0.127 e. The number of likely N-dealkylation sites (tertiary alicyclic amines) is 1. The summed E-state index contributed by atoms with van der Waals surface area (Å²) >= 11 is 0. The van der Waals surface area contributed by atoms with E-state index in [0.717, 1.165) is 31.2 Å². The zero-order valence-electron chi connectivity index (χ0n) is 13.3. The van der Waals surface area contributed by atoms with E-state index in [4.69, 9.17) is 4.74 Å². The number of nitrogens with one attached hydrogen (secondary N) is 1. The van der Waals surface area contributed by atoms with Crippen LogP contribution in [0, 0.1) is 5.92 Å². The van der Waals surface area contributed by atoms with Crippen LogP contribution in [0.1, 0.15) is 31.4 Å². The Balaban J connectivity index is 0.00000161. The first kappa shape index (κ1) is 16.6. The third-order valence-corrected chi connectivity index (χ3v) is 4.43. The first-order valence-corrected chi connectivity index (χ1v) is 7.74. The summed E-state index contributed by atoms with van der Waals surface area (Å²) in [6.07, 6.45) is 2.33. The quantitative estimate of drug-likeness (QED) is 0.925. The summed E-state index contributed by atoms with van der Waals surface area (Å²) in [4.78, 5) is 2.56. The number of fused-ring (bicyclic) bond motifs is 1. The van der Waals surface area contributed by atoms with Crippen LogP contribution in [0.2, 0.25) is 0 Å². The molecule has 0 radical (unpaired) electrons. The summed E-state index contributed by atoms with van der Waals surface area (Å²) in [7, 11) is 2.04. The second-order valence-corrected chi connectivity index (χ2v) is 6.89. The van der Waals surface area contributed by atoms with Crippen molar-refractivity contribution in [1.29, 1.82) is 0 Å². The Hall–Kier alpha value is -0.770. The summed E-state index contributed by atoms with van der Waals surface area (Å²) in [6, 6.07) is 6.62. The third-order valence-electron chi connectivity index (χ3n) is 4.43. The van der Waals surface area contributed by atoms with Crippen molar-refractivity contribution >= 4 is 12.4 Å². The van der Waals surface area contributed by atoms with Gasteiger partial charge in [-0.2, -0.15) is 0 Å². The van der Waals surface area contributed by atoms with Gasteiger partial charge in [0.2, 0.25) is 0 Å². The van der Waals surface area contributed by atoms with Crippen molar-refractivity contribution in [3.8, 4) is 5.75 Å². The highest BCUT2D eigenvalue weighted by Crippen LogP contribution is 2.38. The van der Waals surface area contributed by atoms with Gasteiger partial charge in [0.25, 0.3) is 0 Å². The van der Waals surface area contributed by atoms with Gasteiger partial charge in [-0.05, 0) is 51.9 Å². The van der Waals surface area contributed by atoms with E-state index in [-0.39, 0.29) is 18.0 Å². The average Bonchev–Trinajstić information content (AvgIpc) is 2.93. The van der Waals surface area contributed by atoms with E-state index in [9.17, 15) is 0 Å². The minimum absolute atomic E-state index is 0. The summed E-state index contributed by atoms with van der Waals surface area (Å²) in [5, 5.41) is 3.30. The zero-order chi connectivity index (χ0) is 14.2. The average molecular weight is 311 g/mol. The van der Waals surface area contributed by atoms with Gasteiger partial charge in [-0.3, -0.25) is 4.90 Å². The minimum Gasteiger partial charge on any atom is -0.487 e. The molecule has 1 aromatic carbocycles. The van der Waals surface area contributed by atoms with Gasteiger partial charge in [-0.1, -0.05) is 18.2 Å². The number of hydrogen-bond donors (Lipinski definition) is 1. The largest absolute Gasteiger partial charge is 0.487 e. The standard InChI is InChI=1S/C17H26N2O.ClH/c1-17(2)9-14-5-4-6-15(16(14)20-17)12-19-8-7-13(11-19)10-18-3;/h4-6,13,18H,7-12H2,1-3H3;1H. The highest BCUT2D eigenvalue weighted by Gasteiger charge is 2.32. The number of para-hydroxylation sites is 1. The highest BCUT2D eigenvalue weighted by molar-refractivity contribution is 5.85. The zero-order valence-corrected chi connectivity index (χ0v) is 14.1. The van der Waals surface area contributed by atoms with Crippen molar-refractivity contribution in [2.24, 2.45) is 5.92 Å². The number of benzene rings is 1. The lowest BCUT2D eigenvalue weighted by molar-refractivity contribution is 0.136. The molecule has 1 fully saturated rings. The van der Waals surface area contributed by atoms with E-state index in [2.05, 4.69) is 42.3 Å². The Labute approximate surface area is 134 Å². The van der Waals surface area contributed by atoms with Crippen LogP contribution >= 0.6 is 12.4 Å². The van der Waals surface area contributed by atoms with Gasteiger partial charge in [0, 0.05) is 25.1 Å². The smallest absolute Gasteiger partial charge is 0.127 e. The minimum atomic E-state index is -0.0435. The van der Waals surface area contributed by atoms with Crippen LogP contribution in [-0.2, 0) is 13.0 Å². The molecule has 1 atom stereocenters. The Morgan fingerprint density at radius 3 is 2.95 bits per heavy atom. The van der Waals surface area contributed by atoms with Crippen LogP contribution in [0.25, 0.3) is 0 Å². The van der Waals surface area contributed by atoms with Gasteiger partial charge >= 0.3 is 0 Å². The summed E-state index contributed by atoms with van der Waals surface area (Å²) in [5.41, 5.74) is 2.69. The number of rotatable bonds is 4. The molecule has 2 aliphatic rings. The van der Waals surface area contributed by atoms with E-state index in [1.54, 1.807) is 0 Å². The number of ether oxygens (including phenoxy) is 1. The van der Waals surface area contributed by atoms with E-state index in [0.29, 0.717) is 0 Å². The van der Waals surface area contributed by atoms with Crippen molar-refractivity contribution in [1.82, 2.24) is 10.2 Å². The molecule has 3 rings (SSSR count). The van der Waals surface area contributed by atoms with Crippen molar-refractivity contribution in [3.63, 3.8) is 0 Å². The van der Waals surface area contributed by atoms with Crippen LogP contribution < -0.4 is 10.1 Å². The molecule has 0 amide bonds. The van der Waals surface area contributed by atoms with E-state index < -0.39 is 0 Å². The lowest BCUT2D eigenvalue weighted by Crippen LogP contribution is -2.26. The fourth-order valence-electron chi connectivity index (χ4n) is 3.56. The molecule has 3 nitrogen and oxygen atoms in total. The van der Waals surface area contributed by atoms with Gasteiger partial charge in [0.1, 0.15) is 11.4 Å². The first-order valence-electron chi connectivity index (χ1n) is 7.74. The summed E-state index contributed by atoms with van der Waals surface area (Å²) < 4.78 is 6.17. The van der Waals surface area contributed by atoms with E-state index in [1.165, 1.54) is 30.6 Å². The summed E-state index contributed by atoms with van der Waals surface area (Å²) in [6.45, 7) is 8.92. The van der Waals surface area contributed by atoms with Gasteiger partial charge in [-0.15, -0.1) is 12.4 Å². The van der Waals surface area contributed by atoms with Gasteiger partial charge < -0.3 is 10.1 Å². The molecule has 0 spiro atoms. The highest BCUT2D eigenvalue weighted by atomic mass is 35.5. The predicted molar refractivity (Wildman–Crippen MR) is 89.4 cm³/mol. The molecule has 0 aliphatic carbocycles. The maximum atomic E-state index is 6.17. The molecule has 118 valence electrons. The van der Waals surface area contributed by atoms with Crippen LogP contribution in [0.15, 0.2) is 18.2 Å². The van der Waals surface area contributed by atoms with Crippen LogP contribution in [0.4, 0.5) is 0 Å². The molecule has 1 aromatic rings. The Morgan fingerprint density at radius 2 is 2.19 bits per heavy atom. The maximum absolute atomic E-state index is 6.17. The molecule has 1 unspecified atom stereocenters. The molecule has 2 aliphatic heterocycles. The monoisotopic (exact) mass is 310 g/mol. The molecule has 1 N–H and O–H groups in total. The van der Waals surface area contributed by atoms with Crippen LogP contribution in [-0.4, -0.2) is 37.2 Å². The molecular formula is C17H27ClN2O. The molecule has 0 aromatic heterocycles. The molecule has 2 heterocycles. The number of halogens is 1. The van der Waals surface area contributed by atoms with Crippen LogP contribution in [0.5, 0.6) is 5.75 Å². The van der Waals surface area contributed by atoms with Crippen molar-refractivity contribution in [2.75, 3.05) is 26.7 Å². The fourth-order valence-corrected chi connectivity index (χ4v) is 3.56. The molecule has 1 saturated heterocycles. The predicted octanol–water partition coefficient (Wildman–Crippen LogP) is 2.86. The number of nitrogens with zero attached hydrogens (tertiary/aromatic N) is 1. The van der Waals surface area contributed by atoms with Gasteiger partial charge in [-0.25, -0.2) is 0 Å². The molecular weight excluding hydrogens is 284 g/mol. The van der Waals surface area contributed by atoms with Crippen molar-refractivity contribution < 1.29 is 4.74 Å². The SMILES string of the molecule is CNCC1CCN(Cc2cccc3c2OC(C)(C)C3)C1.Cl. The van der Waals surface area contributed by atoms with Crippen LogP contribution in [0.3, 0.4) is 0 Å². The Morgan fingerprint density at radius 1 is 1.38 bits per heavy atom. The Bertz CT molecular complexity index is 490. The molecule has 0 bridgehead atoms. The fraction of sp³-hybridized carbons (Fsp3) is 0.647. The van der Waals surface area contributed by atoms with Crippen molar-refractivity contribution in [3.05, 3.63) is 29.3 Å². The van der Waals surface area contributed by atoms with E-state index in [1.807, 2.05) is 7.05 Å². The lowest BCUT2D eigenvalue weighted by Gasteiger charge is -2.20. The lowest BCUT2D eigenvalue weighted by atomic mass is 10.0. The third kappa shape index (κ3) is 3.71. The molecule has 21 heavy (non-hydrogen) atoms. The topological polar surface area (TPSA) is 24.5 Å². The van der Waals surface area contributed by atoms with Crippen molar-refractivity contribution in [2.45, 2.75) is 38.8 Å². The first-order chi connectivity index (χ1) is 9.57. The second-order valence-electron chi connectivity index (χ2n) is 6.89. The number of hydrogen-bond acceptors (Lipinski definition) is 3. The summed E-state index contributed by atoms with van der Waals surface area (Å²) in [5.74, 6) is 1.95.